The zero-order valence-corrected chi connectivity index (χ0v) is 12.9. The average Bonchev–Trinajstić information content (AvgIpc) is 2.48. The normalized spacial score (nSPS) is 22.9. The number of amides is 3. The van der Waals surface area contributed by atoms with Crippen molar-refractivity contribution >= 4 is 24.3 Å². The van der Waals surface area contributed by atoms with Crippen molar-refractivity contribution in [1.29, 1.82) is 0 Å². The third kappa shape index (κ3) is 4.24. The van der Waals surface area contributed by atoms with Gasteiger partial charge in [-0.05, 0) is 26.3 Å². The largest absolute Gasteiger partial charge is 0.338 e. The first-order valence-electron chi connectivity index (χ1n) is 7.27. The zero-order chi connectivity index (χ0) is 13.7. The molecule has 0 spiro atoms. The van der Waals surface area contributed by atoms with Crippen molar-refractivity contribution in [2.75, 3.05) is 39.3 Å². The van der Waals surface area contributed by atoms with Crippen LogP contribution >= 0.6 is 12.4 Å². The van der Waals surface area contributed by atoms with Gasteiger partial charge in [0.15, 0.2) is 0 Å². The number of halogens is 1. The molecule has 0 bridgehead atoms. The fourth-order valence-electron chi connectivity index (χ4n) is 2.68. The van der Waals surface area contributed by atoms with Crippen molar-refractivity contribution in [1.82, 2.24) is 20.4 Å². The summed E-state index contributed by atoms with van der Waals surface area (Å²) < 4.78 is 0. The molecule has 116 valence electrons. The fraction of sp³-hybridized carbons (Fsp3) is 0.846. The number of rotatable bonds is 2. The Morgan fingerprint density at radius 3 is 2.35 bits per heavy atom. The second kappa shape index (κ2) is 8.32. The summed E-state index contributed by atoms with van der Waals surface area (Å²) in [5, 5.41) is 6.08. The first kappa shape index (κ1) is 17.0. The predicted molar refractivity (Wildman–Crippen MR) is 80.1 cm³/mol. The Morgan fingerprint density at radius 1 is 1.15 bits per heavy atom. The second-order valence-electron chi connectivity index (χ2n) is 5.15. The molecule has 2 fully saturated rings. The SMILES string of the molecule is CCNC(=O)N1CCN(C(=O)[C@@H]2CCCCN2)CC1.Cl. The van der Waals surface area contributed by atoms with Crippen molar-refractivity contribution in [3.05, 3.63) is 0 Å². The Bertz CT molecular complexity index is 326. The van der Waals surface area contributed by atoms with E-state index in [0.717, 1.165) is 25.8 Å². The second-order valence-corrected chi connectivity index (χ2v) is 5.15. The van der Waals surface area contributed by atoms with E-state index in [4.69, 9.17) is 0 Å². The number of piperidine rings is 1. The monoisotopic (exact) mass is 304 g/mol. The van der Waals surface area contributed by atoms with E-state index in [9.17, 15) is 9.59 Å². The van der Waals surface area contributed by atoms with Gasteiger partial charge in [-0.1, -0.05) is 6.42 Å². The van der Waals surface area contributed by atoms with Crippen LogP contribution < -0.4 is 10.6 Å². The van der Waals surface area contributed by atoms with Crippen LogP contribution in [-0.2, 0) is 4.79 Å². The van der Waals surface area contributed by atoms with E-state index in [1.807, 2.05) is 11.8 Å². The van der Waals surface area contributed by atoms with Crippen molar-refractivity contribution in [3.63, 3.8) is 0 Å². The van der Waals surface area contributed by atoms with Crippen LogP contribution in [0.2, 0.25) is 0 Å². The minimum Gasteiger partial charge on any atom is -0.338 e. The zero-order valence-electron chi connectivity index (χ0n) is 12.1. The highest BCUT2D eigenvalue weighted by Crippen LogP contribution is 2.11. The van der Waals surface area contributed by atoms with Gasteiger partial charge in [-0.3, -0.25) is 4.79 Å². The van der Waals surface area contributed by atoms with Gasteiger partial charge in [0.1, 0.15) is 0 Å². The van der Waals surface area contributed by atoms with Crippen LogP contribution in [-0.4, -0.2) is 67.0 Å². The maximum atomic E-state index is 12.3. The molecule has 1 atom stereocenters. The molecule has 2 aliphatic rings. The number of nitrogens with zero attached hydrogens (tertiary/aromatic N) is 2. The first-order chi connectivity index (χ1) is 9.22. The standard InChI is InChI=1S/C13H24N4O2.ClH/c1-2-14-13(19)17-9-7-16(8-10-17)12(18)11-5-3-4-6-15-11;/h11,15H,2-10H2,1H3,(H,14,19);1H/t11-;/m0./s1. The van der Waals surface area contributed by atoms with Gasteiger partial charge >= 0.3 is 6.03 Å². The molecule has 7 heteroatoms. The van der Waals surface area contributed by atoms with Crippen LogP contribution in [0.15, 0.2) is 0 Å². The molecule has 0 unspecified atom stereocenters. The number of urea groups is 1. The number of hydrogen-bond donors (Lipinski definition) is 2. The summed E-state index contributed by atoms with van der Waals surface area (Å²) in [4.78, 5) is 27.6. The smallest absolute Gasteiger partial charge is 0.317 e. The molecule has 2 N–H and O–H groups in total. The van der Waals surface area contributed by atoms with Crippen LogP contribution in [0.5, 0.6) is 0 Å². The highest BCUT2D eigenvalue weighted by Gasteiger charge is 2.29. The van der Waals surface area contributed by atoms with Crippen LogP contribution in [0.4, 0.5) is 4.79 Å². The van der Waals surface area contributed by atoms with Crippen LogP contribution in [0.25, 0.3) is 0 Å². The molecule has 6 nitrogen and oxygen atoms in total. The summed E-state index contributed by atoms with van der Waals surface area (Å²) >= 11 is 0. The van der Waals surface area contributed by atoms with Crippen molar-refractivity contribution in [3.8, 4) is 0 Å². The summed E-state index contributed by atoms with van der Waals surface area (Å²) in [7, 11) is 0. The summed E-state index contributed by atoms with van der Waals surface area (Å²) in [6, 6.07) is -0.0323. The molecule has 0 aromatic rings. The Kier molecular flexibility index (Phi) is 7.09. The van der Waals surface area contributed by atoms with Crippen LogP contribution in [0, 0.1) is 0 Å². The van der Waals surface area contributed by atoms with Gasteiger partial charge in [0, 0.05) is 32.7 Å². The van der Waals surface area contributed by atoms with Crippen molar-refractivity contribution < 1.29 is 9.59 Å². The van der Waals surface area contributed by atoms with Crippen LogP contribution in [0.1, 0.15) is 26.2 Å². The van der Waals surface area contributed by atoms with E-state index in [2.05, 4.69) is 10.6 Å². The number of nitrogens with one attached hydrogen (secondary N) is 2. The van der Waals surface area contributed by atoms with Gasteiger partial charge < -0.3 is 20.4 Å². The molecule has 2 heterocycles. The van der Waals surface area contributed by atoms with Gasteiger partial charge in [0.25, 0.3) is 0 Å². The van der Waals surface area contributed by atoms with Crippen LogP contribution in [0.3, 0.4) is 0 Å². The molecule has 20 heavy (non-hydrogen) atoms. The minimum absolute atomic E-state index is 0. The van der Waals surface area contributed by atoms with E-state index in [1.165, 1.54) is 0 Å². The Hall–Kier alpha value is -1.01. The van der Waals surface area contributed by atoms with Crippen molar-refractivity contribution in [2.45, 2.75) is 32.2 Å². The van der Waals surface area contributed by atoms with Crippen molar-refractivity contribution in [2.24, 2.45) is 0 Å². The molecule has 0 radical (unpaired) electrons. The number of piperazine rings is 1. The summed E-state index contributed by atoms with van der Waals surface area (Å²) in [5.41, 5.74) is 0. The maximum Gasteiger partial charge on any atom is 0.317 e. The third-order valence-electron chi connectivity index (χ3n) is 3.81. The molecular formula is C13H25ClN4O2. The van der Waals surface area contributed by atoms with Gasteiger partial charge in [0.2, 0.25) is 5.91 Å². The van der Waals surface area contributed by atoms with E-state index >= 15 is 0 Å². The molecule has 3 amide bonds. The Labute approximate surface area is 126 Å². The lowest BCUT2D eigenvalue weighted by Crippen LogP contribution is -2.57. The lowest BCUT2D eigenvalue weighted by atomic mass is 10.0. The molecule has 2 saturated heterocycles. The molecule has 2 rings (SSSR count). The number of hydrogen-bond acceptors (Lipinski definition) is 3. The molecule has 0 aromatic heterocycles. The van der Waals surface area contributed by atoms with Gasteiger partial charge in [-0.2, -0.15) is 0 Å². The molecular weight excluding hydrogens is 280 g/mol. The number of carbonyl (C=O) groups excluding carboxylic acids is 2. The molecule has 0 saturated carbocycles. The molecule has 0 aliphatic carbocycles. The van der Waals surface area contributed by atoms with Gasteiger partial charge in [-0.25, -0.2) is 4.79 Å². The molecule has 2 aliphatic heterocycles. The van der Waals surface area contributed by atoms with Gasteiger partial charge in [-0.15, -0.1) is 12.4 Å². The quantitative estimate of drug-likeness (QED) is 0.777. The van der Waals surface area contributed by atoms with E-state index in [-0.39, 0.29) is 30.4 Å². The first-order valence-corrected chi connectivity index (χ1v) is 7.27. The van der Waals surface area contributed by atoms with Gasteiger partial charge in [0.05, 0.1) is 6.04 Å². The third-order valence-corrected chi connectivity index (χ3v) is 3.81. The fourth-order valence-corrected chi connectivity index (χ4v) is 2.68. The summed E-state index contributed by atoms with van der Waals surface area (Å²) in [5.74, 6) is 0.204. The average molecular weight is 305 g/mol. The number of carbonyl (C=O) groups is 2. The highest BCUT2D eigenvalue weighted by atomic mass is 35.5. The Morgan fingerprint density at radius 2 is 1.80 bits per heavy atom. The minimum atomic E-state index is -0.0228. The predicted octanol–water partition coefficient (Wildman–Crippen LogP) is 0.424. The highest BCUT2D eigenvalue weighted by molar-refractivity contribution is 5.85. The lowest BCUT2D eigenvalue weighted by Gasteiger charge is -2.37. The Balaban J connectivity index is 0.00000200. The summed E-state index contributed by atoms with van der Waals surface area (Å²) in [6.45, 7) is 6.04. The van der Waals surface area contributed by atoms with E-state index in [1.54, 1.807) is 4.90 Å². The lowest BCUT2D eigenvalue weighted by molar-refractivity contribution is -0.135. The topological polar surface area (TPSA) is 64.7 Å². The van der Waals surface area contributed by atoms with E-state index < -0.39 is 0 Å². The maximum absolute atomic E-state index is 12.3. The van der Waals surface area contributed by atoms with E-state index in [0.29, 0.717) is 32.7 Å². The summed E-state index contributed by atoms with van der Waals surface area (Å²) in [6.07, 6.45) is 3.23. The molecule has 0 aromatic carbocycles.